The van der Waals surface area contributed by atoms with Gasteiger partial charge in [0, 0.05) is 4.90 Å². The number of phenolic OH excluding ortho intramolecular Hbond substituents is 1. The molecule has 1 aromatic carbocycles. The highest BCUT2D eigenvalue weighted by atomic mass is 32.2. The molecule has 0 spiro atoms. The van der Waals surface area contributed by atoms with Crippen LogP contribution in [0.5, 0.6) is 5.75 Å². The van der Waals surface area contributed by atoms with Crippen LogP contribution in [0.2, 0.25) is 0 Å². The summed E-state index contributed by atoms with van der Waals surface area (Å²) in [5.41, 5.74) is -3.89. The quantitative estimate of drug-likeness (QED) is 0.614. The highest BCUT2D eigenvalue weighted by Gasteiger charge is 2.46. The maximum absolute atomic E-state index is 12.6. The van der Waals surface area contributed by atoms with Crippen molar-refractivity contribution in [2.75, 3.05) is 6.26 Å². The van der Waals surface area contributed by atoms with E-state index in [1.807, 2.05) is 0 Å². The summed E-state index contributed by atoms with van der Waals surface area (Å²) >= 11 is 0.530. The molecule has 0 heterocycles. The molecule has 0 atom stereocenters. The molecule has 1 nitrogen and oxygen atoms in total. The first-order chi connectivity index (χ1) is 7.59. The van der Waals surface area contributed by atoms with Crippen molar-refractivity contribution < 1.29 is 31.4 Å². The number of alkyl halides is 6. The number of halogens is 6. The molecule has 1 N–H and O–H groups in total. The summed E-state index contributed by atoms with van der Waals surface area (Å²) in [6.07, 6.45) is -9.22. The van der Waals surface area contributed by atoms with Crippen LogP contribution in [0.4, 0.5) is 26.3 Å². The topological polar surface area (TPSA) is 20.2 Å². The van der Waals surface area contributed by atoms with Crippen LogP contribution in [-0.2, 0) is 12.4 Å². The Bertz CT molecular complexity index is 423. The molecule has 8 heteroatoms. The third-order valence-electron chi connectivity index (χ3n) is 1.93. The van der Waals surface area contributed by atoms with Crippen LogP contribution in [-0.4, -0.2) is 11.4 Å². The second kappa shape index (κ2) is 4.32. The lowest BCUT2D eigenvalue weighted by molar-refractivity contribution is -0.164. The van der Waals surface area contributed by atoms with E-state index in [1.54, 1.807) is 0 Å². The second-order valence-electron chi connectivity index (χ2n) is 3.03. The number of hydrogen-bond donors (Lipinski definition) is 1. The number of hydrogen-bond acceptors (Lipinski definition) is 2. The van der Waals surface area contributed by atoms with E-state index < -0.39 is 34.1 Å². The minimum atomic E-state index is -5.26. The fourth-order valence-corrected chi connectivity index (χ4v) is 1.94. The van der Waals surface area contributed by atoms with Gasteiger partial charge < -0.3 is 5.11 Å². The molecule has 0 amide bonds. The average molecular weight is 276 g/mol. The van der Waals surface area contributed by atoms with E-state index in [2.05, 4.69) is 0 Å². The molecule has 0 aromatic heterocycles. The van der Waals surface area contributed by atoms with Crippen molar-refractivity contribution in [2.24, 2.45) is 0 Å². The molecule has 0 saturated carbocycles. The highest BCUT2D eigenvalue weighted by Crippen LogP contribution is 2.47. The van der Waals surface area contributed by atoms with Crippen LogP contribution in [0.3, 0.4) is 0 Å². The maximum Gasteiger partial charge on any atom is 0.420 e. The van der Waals surface area contributed by atoms with Crippen molar-refractivity contribution in [1.29, 1.82) is 0 Å². The third kappa shape index (κ3) is 2.80. The lowest BCUT2D eigenvalue weighted by Gasteiger charge is -2.19. The fourth-order valence-electron chi connectivity index (χ4n) is 1.31. The molecule has 0 fully saturated rings. The summed E-state index contributed by atoms with van der Waals surface area (Å²) in [4.78, 5) is -0.581. The van der Waals surface area contributed by atoms with Crippen molar-refractivity contribution in [3.05, 3.63) is 23.3 Å². The molecule has 0 radical (unpaired) electrons. The number of phenols is 1. The first-order valence-electron chi connectivity index (χ1n) is 4.13. The van der Waals surface area contributed by atoms with Crippen molar-refractivity contribution in [3.63, 3.8) is 0 Å². The molecular formula is C9H6F6OS. The lowest BCUT2D eigenvalue weighted by atomic mass is 10.1. The minimum Gasteiger partial charge on any atom is -0.507 e. The Balaban J connectivity index is 3.67. The monoisotopic (exact) mass is 276 g/mol. The molecule has 0 aliphatic carbocycles. The van der Waals surface area contributed by atoms with Crippen LogP contribution < -0.4 is 0 Å². The van der Waals surface area contributed by atoms with Gasteiger partial charge in [-0.1, -0.05) is 0 Å². The molecule has 0 bridgehead atoms. The Kier molecular flexibility index (Phi) is 3.56. The van der Waals surface area contributed by atoms with Gasteiger partial charge in [0.05, 0.1) is 5.56 Å². The third-order valence-corrected chi connectivity index (χ3v) is 2.71. The van der Waals surface area contributed by atoms with Crippen LogP contribution >= 0.6 is 11.8 Å². The van der Waals surface area contributed by atoms with Gasteiger partial charge in [0.2, 0.25) is 0 Å². The van der Waals surface area contributed by atoms with Gasteiger partial charge in [0.25, 0.3) is 0 Å². The van der Waals surface area contributed by atoms with Gasteiger partial charge in [-0.25, -0.2) is 0 Å². The van der Waals surface area contributed by atoms with E-state index in [0.29, 0.717) is 17.8 Å². The number of aromatic hydroxyl groups is 1. The Morgan fingerprint density at radius 3 is 1.76 bits per heavy atom. The van der Waals surface area contributed by atoms with Gasteiger partial charge >= 0.3 is 12.4 Å². The Morgan fingerprint density at radius 2 is 1.41 bits per heavy atom. The first-order valence-corrected chi connectivity index (χ1v) is 5.36. The maximum atomic E-state index is 12.6. The van der Waals surface area contributed by atoms with Crippen molar-refractivity contribution in [3.8, 4) is 5.75 Å². The summed E-state index contributed by atoms with van der Waals surface area (Å²) in [6, 6.07) is 1.40. The van der Waals surface area contributed by atoms with Gasteiger partial charge in [-0.05, 0) is 18.4 Å². The predicted octanol–water partition coefficient (Wildman–Crippen LogP) is 4.15. The lowest BCUT2D eigenvalue weighted by Crippen LogP contribution is -2.17. The second-order valence-corrected chi connectivity index (χ2v) is 3.88. The molecule has 96 valence electrons. The molecule has 1 rings (SSSR count). The van der Waals surface area contributed by atoms with Gasteiger partial charge in [-0.2, -0.15) is 26.3 Å². The zero-order chi connectivity index (χ0) is 13.4. The standard InChI is InChI=1S/C9H6F6OS/c1-17-5-3-2-4(16)6(8(10,11)12)7(5)9(13,14)15/h2-3,16H,1H3. The molecule has 0 saturated heterocycles. The van der Waals surface area contributed by atoms with E-state index in [9.17, 15) is 26.3 Å². The van der Waals surface area contributed by atoms with Gasteiger partial charge in [0.1, 0.15) is 11.3 Å². The van der Waals surface area contributed by atoms with E-state index >= 15 is 0 Å². The van der Waals surface area contributed by atoms with Crippen molar-refractivity contribution >= 4 is 11.8 Å². The summed E-state index contributed by atoms with van der Waals surface area (Å²) in [5, 5.41) is 8.98. The fraction of sp³-hybridized carbons (Fsp3) is 0.333. The van der Waals surface area contributed by atoms with E-state index in [0.717, 1.165) is 6.07 Å². The summed E-state index contributed by atoms with van der Waals surface area (Å²) in [6.45, 7) is 0. The van der Waals surface area contributed by atoms with Gasteiger partial charge in [0.15, 0.2) is 0 Å². The summed E-state index contributed by atoms with van der Waals surface area (Å²) < 4.78 is 75.2. The van der Waals surface area contributed by atoms with E-state index in [1.165, 1.54) is 6.26 Å². The Labute approximate surface area is 96.4 Å². The summed E-state index contributed by atoms with van der Waals surface area (Å²) in [5.74, 6) is -1.43. The van der Waals surface area contributed by atoms with Crippen molar-refractivity contribution in [2.45, 2.75) is 17.2 Å². The van der Waals surface area contributed by atoms with Crippen LogP contribution in [0.25, 0.3) is 0 Å². The molecule has 0 aliphatic rings. The normalized spacial score (nSPS) is 12.9. The molecule has 0 aliphatic heterocycles. The number of thioether (sulfide) groups is 1. The van der Waals surface area contributed by atoms with Gasteiger partial charge in [-0.3, -0.25) is 0 Å². The van der Waals surface area contributed by atoms with E-state index in [-0.39, 0.29) is 0 Å². The number of rotatable bonds is 1. The zero-order valence-corrected chi connectivity index (χ0v) is 9.09. The average Bonchev–Trinajstić information content (AvgIpc) is 2.13. The molecule has 0 unspecified atom stereocenters. The molecule has 1 aromatic rings. The largest absolute Gasteiger partial charge is 0.507 e. The minimum absolute atomic E-state index is 0.530. The Morgan fingerprint density at radius 1 is 0.941 bits per heavy atom. The van der Waals surface area contributed by atoms with Crippen LogP contribution in [0, 0.1) is 0 Å². The van der Waals surface area contributed by atoms with Crippen LogP contribution in [0.1, 0.15) is 11.1 Å². The van der Waals surface area contributed by atoms with Crippen LogP contribution in [0.15, 0.2) is 17.0 Å². The molecular weight excluding hydrogens is 270 g/mol. The first kappa shape index (κ1) is 14.0. The number of benzene rings is 1. The zero-order valence-electron chi connectivity index (χ0n) is 8.28. The molecule has 17 heavy (non-hydrogen) atoms. The Hall–Kier alpha value is -1.05. The highest BCUT2D eigenvalue weighted by molar-refractivity contribution is 7.98. The van der Waals surface area contributed by atoms with Gasteiger partial charge in [-0.15, -0.1) is 11.8 Å². The van der Waals surface area contributed by atoms with Crippen molar-refractivity contribution in [1.82, 2.24) is 0 Å². The SMILES string of the molecule is CSc1ccc(O)c(C(F)(F)F)c1C(F)(F)F. The smallest absolute Gasteiger partial charge is 0.420 e. The van der Waals surface area contributed by atoms with E-state index in [4.69, 9.17) is 5.11 Å². The summed E-state index contributed by atoms with van der Waals surface area (Å²) in [7, 11) is 0. The predicted molar refractivity (Wildman–Crippen MR) is 49.9 cm³/mol.